The zero-order valence-electron chi connectivity index (χ0n) is 14.4. The van der Waals surface area contributed by atoms with E-state index in [1.54, 1.807) is 0 Å². The number of methoxy groups -OCH3 is 1. The third-order valence-corrected chi connectivity index (χ3v) is 11.3. The lowest BCUT2D eigenvalue weighted by Crippen LogP contribution is -2.51. The van der Waals surface area contributed by atoms with Gasteiger partial charge in [-0.1, -0.05) is 41.5 Å². The number of rotatable bonds is 6. The Kier molecular flexibility index (Phi) is 6.02. The van der Waals surface area contributed by atoms with Crippen molar-refractivity contribution in [1.29, 1.82) is 0 Å². The van der Waals surface area contributed by atoms with Gasteiger partial charge in [-0.2, -0.15) is 0 Å². The van der Waals surface area contributed by atoms with Gasteiger partial charge in [0.1, 0.15) is 0 Å². The van der Waals surface area contributed by atoms with Crippen molar-refractivity contribution in [3.63, 3.8) is 0 Å². The van der Waals surface area contributed by atoms with Crippen LogP contribution in [0.3, 0.4) is 0 Å². The van der Waals surface area contributed by atoms with Crippen molar-refractivity contribution in [3.05, 3.63) is 30.1 Å². The molecule has 118 valence electrons. The quantitative estimate of drug-likeness (QED) is 0.433. The van der Waals surface area contributed by atoms with E-state index in [0.29, 0.717) is 16.6 Å². The average molecular weight is 308 g/mol. The highest BCUT2D eigenvalue weighted by Gasteiger charge is 2.44. The van der Waals surface area contributed by atoms with Crippen LogP contribution in [-0.2, 0) is 9.53 Å². The van der Waals surface area contributed by atoms with Crippen molar-refractivity contribution in [2.75, 3.05) is 7.11 Å². The van der Waals surface area contributed by atoms with Gasteiger partial charge in [0.2, 0.25) is 0 Å². The van der Waals surface area contributed by atoms with E-state index in [2.05, 4.69) is 69.0 Å². The van der Waals surface area contributed by atoms with Crippen LogP contribution >= 0.6 is 0 Å². The van der Waals surface area contributed by atoms with Crippen LogP contribution in [0.4, 0.5) is 0 Å². The van der Waals surface area contributed by atoms with Gasteiger partial charge in [0.15, 0.2) is 8.24 Å². The number of ether oxygens (including phenoxy) is 1. The second kappa shape index (κ2) is 7.12. The minimum absolute atomic E-state index is 0.317. The highest BCUT2D eigenvalue weighted by molar-refractivity contribution is 6.82. The molecule has 0 amide bonds. The van der Waals surface area contributed by atoms with E-state index in [1.165, 1.54) is 13.2 Å². The Morgan fingerprint density at radius 3 is 2.10 bits per heavy atom. The number of carbonyl (C=O) groups excluding carboxylic acids is 1. The van der Waals surface area contributed by atoms with Crippen LogP contribution in [0.2, 0.25) is 16.6 Å². The van der Waals surface area contributed by atoms with Crippen molar-refractivity contribution in [1.82, 2.24) is 4.23 Å². The summed E-state index contributed by atoms with van der Waals surface area (Å²) in [5.74, 6) is -0.317. The van der Waals surface area contributed by atoms with Gasteiger partial charge in [-0.3, -0.25) is 0 Å². The topological polar surface area (TPSA) is 31.2 Å². The summed E-state index contributed by atoms with van der Waals surface area (Å²) in [6, 6.07) is 2.08. The van der Waals surface area contributed by atoms with Crippen molar-refractivity contribution in [2.45, 2.75) is 58.2 Å². The summed E-state index contributed by atoms with van der Waals surface area (Å²) in [4.78, 5) is 11.2. The lowest BCUT2D eigenvalue weighted by molar-refractivity contribution is -0.134. The zero-order chi connectivity index (χ0) is 16.2. The first-order valence-electron chi connectivity index (χ1n) is 7.71. The van der Waals surface area contributed by atoms with Gasteiger partial charge in [0.05, 0.1) is 7.11 Å². The number of esters is 1. The Morgan fingerprint density at radius 2 is 1.67 bits per heavy atom. The Balaban J connectivity index is 3.20. The number of carbonyl (C=O) groups is 1. The number of hydrogen-bond donors (Lipinski definition) is 0. The fourth-order valence-corrected chi connectivity index (χ4v) is 10.4. The van der Waals surface area contributed by atoms with Crippen LogP contribution in [-0.4, -0.2) is 25.5 Å². The lowest BCUT2D eigenvalue weighted by atomic mass is 10.3. The van der Waals surface area contributed by atoms with Crippen molar-refractivity contribution in [2.24, 2.45) is 0 Å². The molecular formula is C17H29NO2Si. The van der Waals surface area contributed by atoms with Crippen molar-refractivity contribution >= 4 is 20.3 Å². The summed E-state index contributed by atoms with van der Waals surface area (Å²) in [5, 5.41) is 0. The van der Waals surface area contributed by atoms with E-state index in [-0.39, 0.29) is 5.97 Å². The predicted octanol–water partition coefficient (Wildman–Crippen LogP) is 4.70. The summed E-state index contributed by atoms with van der Waals surface area (Å²) >= 11 is 0. The SMILES string of the molecule is COC(=O)/C=C/c1ccn([Si](C(C)C)(C(C)C)C(C)C)c1. The second-order valence-electron chi connectivity index (χ2n) is 6.56. The van der Waals surface area contributed by atoms with Gasteiger partial charge in [0, 0.05) is 12.3 Å². The molecule has 0 atom stereocenters. The smallest absolute Gasteiger partial charge is 0.330 e. The molecule has 4 heteroatoms. The Labute approximate surface area is 130 Å². The second-order valence-corrected chi connectivity index (χ2v) is 12.3. The first-order chi connectivity index (χ1) is 9.76. The van der Waals surface area contributed by atoms with Gasteiger partial charge >= 0.3 is 5.97 Å². The molecule has 3 nitrogen and oxygen atoms in total. The molecule has 0 fully saturated rings. The van der Waals surface area contributed by atoms with Crippen LogP contribution in [0, 0.1) is 0 Å². The molecule has 0 bridgehead atoms. The monoisotopic (exact) mass is 307 g/mol. The molecule has 0 N–H and O–H groups in total. The molecule has 0 spiro atoms. The van der Waals surface area contributed by atoms with Gasteiger partial charge in [-0.05, 0) is 40.5 Å². The van der Waals surface area contributed by atoms with E-state index < -0.39 is 8.24 Å². The highest BCUT2D eigenvalue weighted by Crippen LogP contribution is 2.42. The summed E-state index contributed by atoms with van der Waals surface area (Å²) in [6.45, 7) is 14.1. The Bertz CT molecular complexity index is 479. The summed E-state index contributed by atoms with van der Waals surface area (Å²) < 4.78 is 7.10. The average Bonchev–Trinajstić information content (AvgIpc) is 2.84. The van der Waals surface area contributed by atoms with Gasteiger partial charge in [0.25, 0.3) is 0 Å². The van der Waals surface area contributed by atoms with Crippen molar-refractivity contribution in [3.8, 4) is 0 Å². The third kappa shape index (κ3) is 3.49. The minimum Gasteiger partial charge on any atom is -0.466 e. The standard InChI is InChI=1S/C17H29NO2Si/c1-13(2)21(14(3)4,15(5)6)18-11-10-16(12-18)8-9-17(19)20-7/h8-15H,1-7H3/b9-8+. The molecule has 0 unspecified atom stereocenters. The first kappa shape index (κ1) is 17.8. The maximum atomic E-state index is 11.2. The molecule has 0 aliphatic carbocycles. The third-order valence-electron chi connectivity index (χ3n) is 4.55. The molecule has 1 heterocycles. The highest BCUT2D eigenvalue weighted by atomic mass is 28.3. The van der Waals surface area contributed by atoms with E-state index in [1.807, 2.05) is 6.08 Å². The van der Waals surface area contributed by atoms with E-state index in [0.717, 1.165) is 5.56 Å². The first-order valence-corrected chi connectivity index (χ1v) is 9.89. The summed E-state index contributed by atoms with van der Waals surface area (Å²) in [7, 11) is -0.286. The van der Waals surface area contributed by atoms with Crippen molar-refractivity contribution < 1.29 is 9.53 Å². The fourth-order valence-electron chi connectivity index (χ4n) is 3.88. The normalized spacial score (nSPS) is 12.9. The molecule has 0 radical (unpaired) electrons. The van der Waals surface area contributed by atoms with E-state index in [4.69, 9.17) is 0 Å². The van der Waals surface area contributed by atoms with E-state index in [9.17, 15) is 4.79 Å². The van der Waals surface area contributed by atoms with E-state index >= 15 is 0 Å². The van der Waals surface area contributed by atoms with Crippen LogP contribution < -0.4 is 0 Å². The number of hydrogen-bond acceptors (Lipinski definition) is 2. The van der Waals surface area contributed by atoms with Gasteiger partial charge in [-0.25, -0.2) is 4.79 Å². The molecule has 1 rings (SSSR count). The molecular weight excluding hydrogens is 278 g/mol. The molecule has 0 saturated heterocycles. The Morgan fingerprint density at radius 1 is 1.14 bits per heavy atom. The molecule has 0 aliphatic rings. The molecule has 1 aromatic rings. The molecule has 0 aliphatic heterocycles. The number of aromatic nitrogens is 1. The van der Waals surface area contributed by atoms with Gasteiger partial charge in [-0.15, -0.1) is 0 Å². The number of nitrogens with zero attached hydrogens (tertiary/aromatic N) is 1. The maximum Gasteiger partial charge on any atom is 0.330 e. The lowest BCUT2D eigenvalue weighted by Gasteiger charge is -2.44. The van der Waals surface area contributed by atoms with Gasteiger partial charge < -0.3 is 8.97 Å². The minimum atomic E-state index is -1.68. The maximum absolute atomic E-state index is 11.2. The fraction of sp³-hybridized carbons (Fsp3) is 0.588. The Hall–Kier alpha value is -1.29. The van der Waals surface area contributed by atoms with Crippen LogP contribution in [0.5, 0.6) is 0 Å². The molecule has 21 heavy (non-hydrogen) atoms. The molecule has 0 aromatic carbocycles. The van der Waals surface area contributed by atoms with Crippen LogP contribution in [0.15, 0.2) is 24.5 Å². The summed E-state index contributed by atoms with van der Waals surface area (Å²) in [5.41, 5.74) is 3.02. The predicted molar refractivity (Wildman–Crippen MR) is 91.9 cm³/mol. The molecule has 0 saturated carbocycles. The molecule has 1 aromatic heterocycles. The van der Waals surface area contributed by atoms with Crippen LogP contribution in [0.1, 0.15) is 47.1 Å². The zero-order valence-corrected chi connectivity index (χ0v) is 15.4. The largest absolute Gasteiger partial charge is 0.466 e. The summed E-state index contributed by atoms with van der Waals surface area (Å²) in [6.07, 6.45) is 7.67. The van der Waals surface area contributed by atoms with Crippen LogP contribution in [0.25, 0.3) is 6.08 Å².